The molecule has 190 valence electrons. The zero-order valence-electron chi connectivity index (χ0n) is 21.3. The topological polar surface area (TPSA) is 69.6 Å². The first-order valence-corrected chi connectivity index (χ1v) is 12.8. The van der Waals surface area contributed by atoms with Gasteiger partial charge in [-0.05, 0) is 65.7 Å². The highest BCUT2D eigenvalue weighted by Crippen LogP contribution is 2.42. The average Bonchev–Trinajstić information content (AvgIpc) is 3.23. The summed E-state index contributed by atoms with van der Waals surface area (Å²) in [5.41, 5.74) is 4.68. The second-order valence-corrected chi connectivity index (χ2v) is 9.68. The molecule has 1 amide bonds. The SMILES string of the molecule is Cc1cccc(C2/C(=C(/O)c3ccc4ccccc4c3)C(=O)C(=O)N2c2ccc(Nc3ccccc3)cc2)c1. The third-order valence-electron chi connectivity index (χ3n) is 7.03. The summed E-state index contributed by atoms with van der Waals surface area (Å²) < 4.78 is 0. The number of anilines is 3. The van der Waals surface area contributed by atoms with Crippen LogP contribution in [0.15, 0.2) is 127 Å². The van der Waals surface area contributed by atoms with E-state index in [-0.39, 0.29) is 11.3 Å². The van der Waals surface area contributed by atoms with E-state index in [1.165, 1.54) is 4.90 Å². The van der Waals surface area contributed by atoms with E-state index in [0.29, 0.717) is 11.3 Å². The van der Waals surface area contributed by atoms with Gasteiger partial charge in [0.25, 0.3) is 11.7 Å². The molecule has 0 spiro atoms. The van der Waals surface area contributed by atoms with E-state index in [1.54, 1.807) is 6.07 Å². The Morgan fingerprint density at radius 1 is 0.718 bits per heavy atom. The molecular formula is C34H26N2O3. The van der Waals surface area contributed by atoms with Gasteiger partial charge in [0.05, 0.1) is 11.6 Å². The van der Waals surface area contributed by atoms with Gasteiger partial charge < -0.3 is 10.4 Å². The molecule has 0 saturated carbocycles. The number of aliphatic hydroxyl groups is 1. The molecule has 0 aliphatic carbocycles. The number of fused-ring (bicyclic) bond motifs is 1. The summed E-state index contributed by atoms with van der Waals surface area (Å²) in [6.07, 6.45) is 0. The van der Waals surface area contributed by atoms with E-state index in [0.717, 1.165) is 33.3 Å². The summed E-state index contributed by atoms with van der Waals surface area (Å²) in [7, 11) is 0. The van der Waals surface area contributed by atoms with E-state index >= 15 is 0 Å². The molecule has 1 heterocycles. The fourth-order valence-corrected chi connectivity index (χ4v) is 5.14. The maximum absolute atomic E-state index is 13.5. The number of carbonyl (C=O) groups is 2. The highest BCUT2D eigenvalue weighted by molar-refractivity contribution is 6.51. The fourth-order valence-electron chi connectivity index (χ4n) is 5.14. The second kappa shape index (κ2) is 9.95. The summed E-state index contributed by atoms with van der Waals surface area (Å²) in [5.74, 6) is -1.57. The van der Waals surface area contributed by atoms with Gasteiger partial charge in [-0.15, -0.1) is 0 Å². The summed E-state index contributed by atoms with van der Waals surface area (Å²) in [6, 6.07) is 37.4. The van der Waals surface area contributed by atoms with Crippen LogP contribution in [0.1, 0.15) is 22.7 Å². The van der Waals surface area contributed by atoms with Crippen molar-refractivity contribution >= 4 is 45.3 Å². The van der Waals surface area contributed by atoms with E-state index in [4.69, 9.17) is 0 Å². The molecule has 0 aromatic heterocycles. The van der Waals surface area contributed by atoms with Crippen LogP contribution in [0.5, 0.6) is 0 Å². The van der Waals surface area contributed by atoms with Crippen LogP contribution in [-0.2, 0) is 9.59 Å². The molecule has 0 radical (unpaired) electrons. The molecule has 1 fully saturated rings. The van der Waals surface area contributed by atoms with Gasteiger partial charge in [0.15, 0.2) is 0 Å². The zero-order valence-corrected chi connectivity index (χ0v) is 21.3. The van der Waals surface area contributed by atoms with Crippen LogP contribution in [0, 0.1) is 6.92 Å². The minimum Gasteiger partial charge on any atom is -0.507 e. The lowest BCUT2D eigenvalue weighted by molar-refractivity contribution is -0.132. The molecule has 5 aromatic carbocycles. The Morgan fingerprint density at radius 3 is 2.15 bits per heavy atom. The first-order valence-electron chi connectivity index (χ1n) is 12.8. The molecule has 1 atom stereocenters. The average molecular weight is 511 g/mol. The number of aliphatic hydroxyl groups excluding tert-OH is 1. The first kappa shape index (κ1) is 24.2. The van der Waals surface area contributed by atoms with Crippen molar-refractivity contribution in [3.05, 3.63) is 144 Å². The quantitative estimate of drug-likeness (QED) is 0.146. The van der Waals surface area contributed by atoms with E-state index in [2.05, 4.69) is 5.32 Å². The molecule has 1 aliphatic heterocycles. The van der Waals surface area contributed by atoms with Gasteiger partial charge in [-0.3, -0.25) is 14.5 Å². The van der Waals surface area contributed by atoms with Gasteiger partial charge >= 0.3 is 0 Å². The number of para-hydroxylation sites is 1. The number of hydrogen-bond acceptors (Lipinski definition) is 4. The molecule has 0 bridgehead atoms. The number of hydrogen-bond donors (Lipinski definition) is 2. The standard InChI is InChI=1S/C34H26N2O3/c1-22-8-7-11-25(20-22)31-30(32(37)26-15-14-23-9-5-6-10-24(23)21-26)33(38)34(39)36(31)29-18-16-28(17-19-29)35-27-12-3-2-4-13-27/h2-21,31,35,37H,1H3/b32-30-. The minimum absolute atomic E-state index is 0.0763. The van der Waals surface area contributed by atoms with Gasteiger partial charge in [0.2, 0.25) is 0 Å². The molecule has 5 heteroatoms. The van der Waals surface area contributed by atoms with Crippen molar-refractivity contribution in [1.29, 1.82) is 0 Å². The van der Waals surface area contributed by atoms with Crippen molar-refractivity contribution in [2.75, 3.05) is 10.2 Å². The maximum atomic E-state index is 13.5. The van der Waals surface area contributed by atoms with Crippen LogP contribution in [0.2, 0.25) is 0 Å². The Labute approximate surface area is 226 Å². The van der Waals surface area contributed by atoms with Crippen LogP contribution in [0.3, 0.4) is 0 Å². The molecule has 1 aliphatic rings. The van der Waals surface area contributed by atoms with Gasteiger partial charge in [-0.2, -0.15) is 0 Å². The Kier molecular flexibility index (Phi) is 6.17. The predicted molar refractivity (Wildman–Crippen MR) is 156 cm³/mol. The normalized spacial score (nSPS) is 16.5. The van der Waals surface area contributed by atoms with E-state index in [1.807, 2.05) is 122 Å². The molecule has 5 aromatic rings. The van der Waals surface area contributed by atoms with Crippen molar-refractivity contribution in [3.8, 4) is 0 Å². The zero-order chi connectivity index (χ0) is 26.9. The number of benzene rings is 5. The third kappa shape index (κ3) is 4.55. The molecular weight excluding hydrogens is 484 g/mol. The molecule has 2 N–H and O–H groups in total. The number of nitrogens with zero attached hydrogens (tertiary/aromatic N) is 1. The predicted octanol–water partition coefficient (Wildman–Crippen LogP) is 7.52. The van der Waals surface area contributed by atoms with Crippen LogP contribution in [0.25, 0.3) is 16.5 Å². The largest absolute Gasteiger partial charge is 0.507 e. The summed E-state index contributed by atoms with van der Waals surface area (Å²) in [4.78, 5) is 28.5. The van der Waals surface area contributed by atoms with Crippen LogP contribution >= 0.6 is 0 Å². The minimum atomic E-state index is -0.774. The molecule has 1 saturated heterocycles. The number of ketones is 1. The van der Waals surface area contributed by atoms with Crippen molar-refractivity contribution < 1.29 is 14.7 Å². The molecule has 5 nitrogen and oxygen atoms in total. The lowest BCUT2D eigenvalue weighted by Gasteiger charge is -2.26. The van der Waals surface area contributed by atoms with E-state index in [9.17, 15) is 14.7 Å². The highest BCUT2D eigenvalue weighted by Gasteiger charge is 2.47. The molecule has 39 heavy (non-hydrogen) atoms. The Balaban J connectivity index is 1.45. The Hall–Kier alpha value is -5.16. The summed E-state index contributed by atoms with van der Waals surface area (Å²) in [5, 5.41) is 16.8. The van der Waals surface area contributed by atoms with Crippen molar-refractivity contribution in [1.82, 2.24) is 0 Å². The fraction of sp³-hybridized carbons (Fsp3) is 0.0588. The smallest absolute Gasteiger partial charge is 0.300 e. The third-order valence-corrected chi connectivity index (χ3v) is 7.03. The van der Waals surface area contributed by atoms with Crippen LogP contribution < -0.4 is 10.2 Å². The summed E-state index contributed by atoms with van der Waals surface area (Å²) >= 11 is 0. The lowest BCUT2D eigenvalue weighted by Crippen LogP contribution is -2.29. The van der Waals surface area contributed by atoms with Crippen LogP contribution in [0.4, 0.5) is 17.1 Å². The van der Waals surface area contributed by atoms with Crippen molar-refractivity contribution in [2.24, 2.45) is 0 Å². The molecule has 6 rings (SSSR count). The highest BCUT2D eigenvalue weighted by atomic mass is 16.3. The van der Waals surface area contributed by atoms with Gasteiger partial charge in [0.1, 0.15) is 5.76 Å². The monoisotopic (exact) mass is 510 g/mol. The second-order valence-electron chi connectivity index (χ2n) is 9.68. The Morgan fingerprint density at radius 2 is 1.41 bits per heavy atom. The molecule has 1 unspecified atom stereocenters. The Bertz CT molecular complexity index is 1740. The number of rotatable bonds is 5. The summed E-state index contributed by atoms with van der Waals surface area (Å²) in [6.45, 7) is 1.96. The van der Waals surface area contributed by atoms with E-state index < -0.39 is 17.7 Å². The number of aryl methyl sites for hydroxylation is 1. The van der Waals surface area contributed by atoms with Crippen LogP contribution in [-0.4, -0.2) is 16.8 Å². The van der Waals surface area contributed by atoms with Gasteiger partial charge in [-0.25, -0.2) is 0 Å². The maximum Gasteiger partial charge on any atom is 0.300 e. The first-order chi connectivity index (χ1) is 19.0. The van der Waals surface area contributed by atoms with Crippen molar-refractivity contribution in [2.45, 2.75) is 13.0 Å². The number of amides is 1. The van der Waals surface area contributed by atoms with Gasteiger partial charge in [-0.1, -0.05) is 84.4 Å². The van der Waals surface area contributed by atoms with Gasteiger partial charge in [0, 0.05) is 22.6 Å². The number of carbonyl (C=O) groups excluding carboxylic acids is 2. The van der Waals surface area contributed by atoms with Crippen molar-refractivity contribution in [3.63, 3.8) is 0 Å². The number of Topliss-reactive ketones (excluding diaryl/α,β-unsaturated/α-hetero) is 1. The number of nitrogens with one attached hydrogen (secondary N) is 1. The lowest BCUT2D eigenvalue weighted by atomic mass is 9.93.